The summed E-state index contributed by atoms with van der Waals surface area (Å²) in [4.78, 5) is 2.12. The molecule has 0 aromatic rings. The fourth-order valence-electron chi connectivity index (χ4n) is 2.58. The first-order valence-electron chi connectivity index (χ1n) is 6.94. The molecule has 0 bridgehead atoms. The molecule has 2 saturated heterocycles. The fraction of sp³-hybridized carbons (Fsp3) is 1.00. The van der Waals surface area contributed by atoms with Crippen molar-refractivity contribution in [1.29, 1.82) is 0 Å². The Balaban J connectivity index is 1.96. The van der Waals surface area contributed by atoms with E-state index in [1.807, 2.05) is 0 Å². The second kappa shape index (κ2) is 6.96. The number of aliphatic hydroxyl groups is 1. The van der Waals surface area contributed by atoms with Gasteiger partial charge >= 0.3 is 0 Å². The molecule has 2 aliphatic rings. The van der Waals surface area contributed by atoms with Crippen LogP contribution >= 0.6 is 0 Å². The van der Waals surface area contributed by atoms with Crippen LogP contribution in [0.15, 0.2) is 0 Å². The summed E-state index contributed by atoms with van der Waals surface area (Å²) in [5.74, 6) is 0. The number of nitrogens with one attached hydrogen (secondary N) is 1. The van der Waals surface area contributed by atoms with Crippen molar-refractivity contribution in [3.05, 3.63) is 0 Å². The molecule has 112 valence electrons. The average molecular weight is 292 g/mol. The number of hydrogen-bond acceptors (Lipinski definition) is 5. The van der Waals surface area contributed by atoms with Gasteiger partial charge in [0.2, 0.25) is 0 Å². The highest BCUT2D eigenvalue weighted by Crippen LogP contribution is 2.13. The quantitative estimate of drug-likeness (QED) is 0.635. The molecule has 0 aromatic heterocycles. The van der Waals surface area contributed by atoms with Crippen molar-refractivity contribution in [2.75, 3.05) is 65.5 Å². The second-order valence-corrected chi connectivity index (χ2v) is 6.90. The smallest absolute Gasteiger partial charge is 0.282 e. The molecule has 19 heavy (non-hydrogen) atoms. The first-order valence-corrected chi connectivity index (χ1v) is 8.33. The van der Waals surface area contributed by atoms with Gasteiger partial charge in [0.05, 0.1) is 6.61 Å². The molecule has 0 aromatic carbocycles. The predicted octanol–water partition coefficient (Wildman–Crippen LogP) is -1.86. The maximum absolute atomic E-state index is 12.5. The van der Waals surface area contributed by atoms with Crippen molar-refractivity contribution >= 4 is 10.2 Å². The molecule has 0 atom stereocenters. The van der Waals surface area contributed by atoms with Gasteiger partial charge < -0.3 is 10.4 Å². The van der Waals surface area contributed by atoms with Crippen molar-refractivity contribution in [2.45, 2.75) is 6.42 Å². The summed E-state index contributed by atoms with van der Waals surface area (Å²) in [6.07, 6.45) is 0.825. The van der Waals surface area contributed by atoms with Crippen LogP contribution in [-0.4, -0.2) is 92.5 Å². The zero-order valence-electron chi connectivity index (χ0n) is 11.3. The van der Waals surface area contributed by atoms with E-state index in [9.17, 15) is 8.42 Å². The molecule has 0 aliphatic carbocycles. The number of hydrogen-bond donors (Lipinski definition) is 2. The van der Waals surface area contributed by atoms with Gasteiger partial charge in [0.15, 0.2) is 0 Å². The zero-order chi connectivity index (χ0) is 13.7. The molecule has 2 fully saturated rings. The highest BCUT2D eigenvalue weighted by Gasteiger charge is 2.31. The van der Waals surface area contributed by atoms with E-state index in [1.165, 1.54) is 0 Å². The van der Waals surface area contributed by atoms with Crippen LogP contribution in [0.5, 0.6) is 0 Å². The second-order valence-electron chi connectivity index (χ2n) is 4.97. The minimum atomic E-state index is -3.31. The number of β-amino-alcohol motifs (C(OH)–C–C–N with tert-alkyl or cyclic N) is 1. The summed E-state index contributed by atoms with van der Waals surface area (Å²) >= 11 is 0. The molecule has 2 rings (SSSR count). The number of nitrogens with zero attached hydrogens (tertiary/aromatic N) is 3. The molecule has 8 heteroatoms. The van der Waals surface area contributed by atoms with Gasteiger partial charge in [0, 0.05) is 52.4 Å². The van der Waals surface area contributed by atoms with E-state index in [2.05, 4.69) is 10.2 Å². The van der Waals surface area contributed by atoms with E-state index >= 15 is 0 Å². The summed E-state index contributed by atoms with van der Waals surface area (Å²) in [5.41, 5.74) is 0. The Morgan fingerprint density at radius 3 is 2.32 bits per heavy atom. The molecule has 0 spiro atoms. The van der Waals surface area contributed by atoms with E-state index < -0.39 is 10.2 Å². The van der Waals surface area contributed by atoms with Crippen molar-refractivity contribution in [3.63, 3.8) is 0 Å². The number of rotatable bonds is 4. The first-order chi connectivity index (χ1) is 9.14. The van der Waals surface area contributed by atoms with Gasteiger partial charge in [-0.3, -0.25) is 4.90 Å². The van der Waals surface area contributed by atoms with Crippen LogP contribution < -0.4 is 5.32 Å². The van der Waals surface area contributed by atoms with Gasteiger partial charge in [-0.25, -0.2) is 0 Å². The summed E-state index contributed by atoms with van der Waals surface area (Å²) in [6.45, 7) is 5.97. The molecule has 2 heterocycles. The Morgan fingerprint density at radius 1 is 0.947 bits per heavy atom. The van der Waals surface area contributed by atoms with Crippen LogP contribution in [0, 0.1) is 0 Å². The monoisotopic (exact) mass is 292 g/mol. The normalized spacial score (nSPS) is 25.3. The maximum atomic E-state index is 12.5. The average Bonchev–Trinajstić information content (AvgIpc) is 2.66. The lowest BCUT2D eigenvalue weighted by molar-refractivity contribution is 0.201. The standard InChI is InChI=1S/C11H24N4O3S/c16-11-10-13-4-1-5-14(9-8-13)19(17,18)15-6-2-12-3-7-15/h12,16H,1-11H2. The zero-order valence-corrected chi connectivity index (χ0v) is 12.1. The Labute approximate surface area is 115 Å². The summed E-state index contributed by atoms with van der Waals surface area (Å²) in [5, 5.41) is 12.1. The third-order valence-electron chi connectivity index (χ3n) is 3.69. The van der Waals surface area contributed by atoms with Crippen molar-refractivity contribution in [2.24, 2.45) is 0 Å². The molecule has 0 saturated carbocycles. The lowest BCUT2D eigenvalue weighted by Crippen LogP contribution is -2.52. The molecule has 7 nitrogen and oxygen atoms in total. The molecule has 2 N–H and O–H groups in total. The molecule has 0 unspecified atom stereocenters. The van der Waals surface area contributed by atoms with Gasteiger partial charge in [-0.2, -0.15) is 17.0 Å². The Kier molecular flexibility index (Phi) is 5.55. The van der Waals surface area contributed by atoms with Crippen LogP contribution in [0.3, 0.4) is 0 Å². The summed E-state index contributed by atoms with van der Waals surface area (Å²) in [7, 11) is -3.31. The van der Waals surface area contributed by atoms with Crippen LogP contribution in [0.25, 0.3) is 0 Å². The maximum Gasteiger partial charge on any atom is 0.282 e. The molecule has 0 amide bonds. The van der Waals surface area contributed by atoms with Crippen molar-refractivity contribution in [3.8, 4) is 0 Å². The van der Waals surface area contributed by atoms with Gasteiger partial charge in [-0.15, -0.1) is 0 Å². The van der Waals surface area contributed by atoms with Gasteiger partial charge in [-0.1, -0.05) is 0 Å². The third-order valence-corrected chi connectivity index (χ3v) is 5.73. The Bertz CT molecular complexity index is 370. The molecule has 0 radical (unpaired) electrons. The molecular weight excluding hydrogens is 268 g/mol. The van der Waals surface area contributed by atoms with E-state index in [-0.39, 0.29) is 6.61 Å². The van der Waals surface area contributed by atoms with Crippen molar-refractivity contribution in [1.82, 2.24) is 18.8 Å². The first kappa shape index (κ1) is 15.1. The number of piperazine rings is 1. The third kappa shape index (κ3) is 3.87. The topological polar surface area (TPSA) is 76.1 Å². The minimum Gasteiger partial charge on any atom is -0.395 e. The Morgan fingerprint density at radius 2 is 1.63 bits per heavy atom. The van der Waals surface area contributed by atoms with Crippen molar-refractivity contribution < 1.29 is 13.5 Å². The summed E-state index contributed by atoms with van der Waals surface area (Å²) in [6, 6.07) is 0. The molecular formula is C11H24N4O3S. The van der Waals surface area contributed by atoms with Crippen LogP contribution in [0.1, 0.15) is 6.42 Å². The van der Waals surface area contributed by atoms with Crippen LogP contribution in [0.2, 0.25) is 0 Å². The molecule has 2 aliphatic heterocycles. The van der Waals surface area contributed by atoms with Gasteiger partial charge in [0.25, 0.3) is 10.2 Å². The SMILES string of the molecule is O=S(=O)(N1CCNCC1)N1CCCN(CCO)CC1. The lowest BCUT2D eigenvalue weighted by atomic mass is 10.4. The number of aliphatic hydroxyl groups excluding tert-OH is 1. The largest absolute Gasteiger partial charge is 0.395 e. The highest BCUT2D eigenvalue weighted by atomic mass is 32.2. The van der Waals surface area contributed by atoms with E-state index in [1.54, 1.807) is 8.61 Å². The van der Waals surface area contributed by atoms with E-state index in [0.29, 0.717) is 39.3 Å². The van der Waals surface area contributed by atoms with E-state index in [0.717, 1.165) is 26.1 Å². The summed E-state index contributed by atoms with van der Waals surface area (Å²) < 4.78 is 28.2. The van der Waals surface area contributed by atoms with Gasteiger partial charge in [-0.05, 0) is 13.0 Å². The lowest BCUT2D eigenvalue weighted by Gasteiger charge is -2.31. The van der Waals surface area contributed by atoms with Crippen LogP contribution in [-0.2, 0) is 10.2 Å². The Hall–Kier alpha value is -0.250. The minimum absolute atomic E-state index is 0.130. The predicted molar refractivity (Wildman–Crippen MR) is 73.1 cm³/mol. The fourth-order valence-corrected chi connectivity index (χ4v) is 4.22. The van der Waals surface area contributed by atoms with Crippen LogP contribution in [0.4, 0.5) is 0 Å². The van der Waals surface area contributed by atoms with Gasteiger partial charge in [0.1, 0.15) is 0 Å². The van der Waals surface area contributed by atoms with E-state index in [4.69, 9.17) is 5.11 Å². The highest BCUT2D eigenvalue weighted by molar-refractivity contribution is 7.86.